The lowest BCUT2D eigenvalue weighted by atomic mass is 10.2. The first kappa shape index (κ1) is 19.9. The Balaban J connectivity index is 1.33. The second-order valence-corrected chi connectivity index (χ2v) is 8.39. The molecule has 0 saturated heterocycles. The second-order valence-electron chi connectivity index (χ2n) is 6.50. The molecule has 0 aliphatic heterocycles. The molecule has 3 N–H and O–H groups in total. The topological polar surface area (TPSA) is 117 Å². The van der Waals surface area contributed by atoms with E-state index in [1.165, 1.54) is 34.9 Å². The molecule has 1 aromatic carbocycles. The van der Waals surface area contributed by atoms with Crippen molar-refractivity contribution in [1.82, 2.24) is 15.0 Å². The summed E-state index contributed by atoms with van der Waals surface area (Å²) in [6, 6.07) is 8.95. The van der Waals surface area contributed by atoms with Gasteiger partial charge < -0.3 is 10.3 Å². The number of rotatable bonds is 6. The molecule has 152 valence electrons. The van der Waals surface area contributed by atoms with Crippen LogP contribution in [0.1, 0.15) is 28.0 Å². The first-order valence-corrected chi connectivity index (χ1v) is 10.8. The van der Waals surface area contributed by atoms with Gasteiger partial charge in [0.2, 0.25) is 5.91 Å². The molecule has 30 heavy (non-hydrogen) atoms. The van der Waals surface area contributed by atoms with Crippen LogP contribution in [0, 0.1) is 6.92 Å². The quantitative estimate of drug-likeness (QED) is 0.425. The fourth-order valence-electron chi connectivity index (χ4n) is 2.81. The zero-order valence-electron chi connectivity index (χ0n) is 15.9. The van der Waals surface area contributed by atoms with E-state index < -0.39 is 11.5 Å². The molecule has 0 aliphatic rings. The minimum Gasteiger partial charge on any atom is -0.328 e. The van der Waals surface area contributed by atoms with E-state index in [2.05, 4.69) is 25.6 Å². The van der Waals surface area contributed by atoms with Crippen molar-refractivity contribution >= 4 is 55.0 Å². The van der Waals surface area contributed by atoms with E-state index >= 15 is 0 Å². The molecule has 10 heteroatoms. The normalized spacial score (nSPS) is 10.8. The van der Waals surface area contributed by atoms with Gasteiger partial charge in [-0.3, -0.25) is 19.7 Å². The lowest BCUT2D eigenvalue weighted by molar-refractivity contribution is -0.116. The van der Waals surface area contributed by atoms with Crippen molar-refractivity contribution < 1.29 is 9.59 Å². The van der Waals surface area contributed by atoms with Crippen LogP contribution in [0.2, 0.25) is 0 Å². The largest absolute Gasteiger partial charge is 0.328 e. The molecule has 4 rings (SSSR count). The van der Waals surface area contributed by atoms with Gasteiger partial charge in [-0.2, -0.15) is 0 Å². The Morgan fingerprint density at radius 3 is 2.77 bits per heavy atom. The van der Waals surface area contributed by atoms with E-state index in [0.29, 0.717) is 22.4 Å². The minimum atomic E-state index is -0.526. The van der Waals surface area contributed by atoms with Crippen LogP contribution in [0.25, 0.3) is 10.2 Å². The van der Waals surface area contributed by atoms with Crippen molar-refractivity contribution in [2.75, 3.05) is 10.6 Å². The third kappa shape index (κ3) is 4.44. The Labute approximate surface area is 179 Å². The van der Waals surface area contributed by atoms with Gasteiger partial charge in [-0.1, -0.05) is 23.5 Å². The molecule has 0 atom stereocenters. The standard InChI is InChI=1S/C20H17N5O3S2/c1-11-4-2-6-14-16(11)24-20(30-14)23-15(26)8-7-12-10-29-19(22-12)25-18(28)13-5-3-9-21-17(13)27/h2-6,9-10H,7-8H2,1H3,(H,21,27)(H,22,25,28)(H,23,24,26). The number of thiazole rings is 2. The van der Waals surface area contributed by atoms with Crippen LogP contribution in [0.3, 0.4) is 0 Å². The molecule has 0 saturated carbocycles. The van der Waals surface area contributed by atoms with Crippen molar-refractivity contribution in [1.29, 1.82) is 0 Å². The highest BCUT2D eigenvalue weighted by Gasteiger charge is 2.13. The maximum absolute atomic E-state index is 12.3. The number of benzene rings is 1. The summed E-state index contributed by atoms with van der Waals surface area (Å²) < 4.78 is 1.03. The number of carbonyl (C=O) groups excluding carboxylic acids is 2. The number of fused-ring (bicyclic) bond motifs is 1. The van der Waals surface area contributed by atoms with E-state index in [4.69, 9.17) is 0 Å². The van der Waals surface area contributed by atoms with Gasteiger partial charge in [-0.25, -0.2) is 9.97 Å². The average molecular weight is 440 g/mol. The van der Waals surface area contributed by atoms with Gasteiger partial charge in [0.1, 0.15) is 5.56 Å². The van der Waals surface area contributed by atoms with Gasteiger partial charge in [0.05, 0.1) is 15.9 Å². The number of aromatic nitrogens is 3. The molecular formula is C20H17N5O3S2. The van der Waals surface area contributed by atoms with Crippen molar-refractivity contribution in [3.05, 3.63) is 69.1 Å². The highest BCUT2D eigenvalue weighted by atomic mass is 32.1. The smallest absolute Gasteiger partial charge is 0.263 e. The number of hydrogen-bond donors (Lipinski definition) is 3. The van der Waals surface area contributed by atoms with Gasteiger partial charge in [-0.15, -0.1) is 11.3 Å². The molecule has 3 aromatic heterocycles. The average Bonchev–Trinajstić information content (AvgIpc) is 3.34. The predicted octanol–water partition coefficient (Wildman–Crippen LogP) is 3.57. The van der Waals surface area contributed by atoms with Gasteiger partial charge in [-0.05, 0) is 37.1 Å². The fraction of sp³-hybridized carbons (Fsp3) is 0.150. The molecule has 0 aliphatic carbocycles. The van der Waals surface area contributed by atoms with E-state index in [1.807, 2.05) is 25.1 Å². The monoisotopic (exact) mass is 439 g/mol. The zero-order valence-corrected chi connectivity index (χ0v) is 17.5. The lowest BCUT2D eigenvalue weighted by Gasteiger charge is -2.01. The van der Waals surface area contributed by atoms with Gasteiger partial charge >= 0.3 is 0 Å². The van der Waals surface area contributed by atoms with Crippen molar-refractivity contribution in [2.24, 2.45) is 0 Å². The molecular weight excluding hydrogens is 422 g/mol. The number of amides is 2. The number of nitrogens with one attached hydrogen (secondary N) is 3. The first-order valence-electron chi connectivity index (χ1n) is 9.09. The Morgan fingerprint density at radius 1 is 1.10 bits per heavy atom. The molecule has 0 unspecified atom stereocenters. The van der Waals surface area contributed by atoms with Crippen LogP contribution in [-0.2, 0) is 11.2 Å². The van der Waals surface area contributed by atoms with Crippen LogP contribution in [0.5, 0.6) is 0 Å². The Kier molecular flexibility index (Phi) is 5.68. The number of hydrogen-bond acceptors (Lipinski definition) is 7. The zero-order chi connectivity index (χ0) is 21.1. The molecule has 0 radical (unpaired) electrons. The number of anilines is 2. The maximum atomic E-state index is 12.3. The molecule has 4 aromatic rings. The van der Waals surface area contributed by atoms with Crippen molar-refractivity contribution in [3.8, 4) is 0 Å². The van der Waals surface area contributed by atoms with E-state index in [-0.39, 0.29) is 17.9 Å². The number of aryl methyl sites for hydroxylation is 2. The molecule has 0 bridgehead atoms. The number of para-hydroxylation sites is 1. The lowest BCUT2D eigenvalue weighted by Crippen LogP contribution is -2.22. The number of H-pyrrole nitrogens is 1. The Bertz CT molecular complexity index is 1290. The van der Waals surface area contributed by atoms with E-state index in [1.54, 1.807) is 11.4 Å². The maximum Gasteiger partial charge on any atom is 0.263 e. The third-order valence-electron chi connectivity index (χ3n) is 4.31. The van der Waals surface area contributed by atoms with Crippen LogP contribution in [0.4, 0.5) is 10.3 Å². The van der Waals surface area contributed by atoms with Crippen molar-refractivity contribution in [3.63, 3.8) is 0 Å². The van der Waals surface area contributed by atoms with Crippen LogP contribution >= 0.6 is 22.7 Å². The van der Waals surface area contributed by atoms with Gasteiger partial charge in [0.15, 0.2) is 10.3 Å². The molecule has 2 amide bonds. The van der Waals surface area contributed by atoms with Crippen LogP contribution in [-0.4, -0.2) is 26.8 Å². The summed E-state index contributed by atoms with van der Waals surface area (Å²) in [6.45, 7) is 1.99. The Morgan fingerprint density at radius 2 is 1.97 bits per heavy atom. The van der Waals surface area contributed by atoms with Crippen LogP contribution < -0.4 is 16.2 Å². The van der Waals surface area contributed by atoms with Gasteiger partial charge in [0.25, 0.3) is 11.5 Å². The highest BCUT2D eigenvalue weighted by Crippen LogP contribution is 2.28. The first-order chi connectivity index (χ1) is 14.5. The number of carbonyl (C=O) groups is 2. The summed E-state index contributed by atoms with van der Waals surface area (Å²) in [4.78, 5) is 47.4. The molecule has 8 nitrogen and oxygen atoms in total. The fourth-order valence-corrected chi connectivity index (χ4v) is 4.51. The summed E-state index contributed by atoms with van der Waals surface area (Å²) in [5.74, 6) is -0.678. The summed E-state index contributed by atoms with van der Waals surface area (Å²) in [5, 5.41) is 8.16. The summed E-state index contributed by atoms with van der Waals surface area (Å²) >= 11 is 2.68. The number of pyridine rings is 1. The SMILES string of the molecule is Cc1cccc2sc(NC(=O)CCc3csc(NC(=O)c4ccc[nH]c4=O)n3)nc12. The summed E-state index contributed by atoms with van der Waals surface area (Å²) in [5.41, 5.74) is 2.20. The number of aromatic amines is 1. The highest BCUT2D eigenvalue weighted by molar-refractivity contribution is 7.22. The minimum absolute atomic E-state index is 0.0136. The Hall–Kier alpha value is -3.37. The predicted molar refractivity (Wildman–Crippen MR) is 118 cm³/mol. The third-order valence-corrected chi connectivity index (χ3v) is 6.05. The molecule has 0 spiro atoms. The number of nitrogens with zero attached hydrogens (tertiary/aromatic N) is 2. The van der Waals surface area contributed by atoms with Gasteiger partial charge in [0, 0.05) is 18.0 Å². The van der Waals surface area contributed by atoms with Crippen LogP contribution in [0.15, 0.2) is 46.7 Å². The van der Waals surface area contributed by atoms with Crippen molar-refractivity contribution in [2.45, 2.75) is 19.8 Å². The van der Waals surface area contributed by atoms with E-state index in [9.17, 15) is 14.4 Å². The second kappa shape index (κ2) is 8.56. The van der Waals surface area contributed by atoms with E-state index in [0.717, 1.165) is 15.8 Å². The summed E-state index contributed by atoms with van der Waals surface area (Å²) in [6.07, 6.45) is 2.12. The summed E-state index contributed by atoms with van der Waals surface area (Å²) in [7, 11) is 0. The molecule has 3 heterocycles. The molecule has 0 fully saturated rings.